The maximum Gasteiger partial charge on any atom is 0.0905 e. The second-order valence-electron chi connectivity index (χ2n) is 4.07. The quantitative estimate of drug-likeness (QED) is 0.812. The minimum absolute atomic E-state index is 0.585. The Morgan fingerprint density at radius 2 is 2.21 bits per heavy atom. The minimum atomic E-state index is 0.585. The predicted molar refractivity (Wildman–Crippen MR) is 65.0 cm³/mol. The molecule has 0 amide bonds. The zero-order chi connectivity index (χ0) is 10.6. The number of nitrogens with zero attached hydrogens (tertiary/aromatic N) is 1. The zero-order valence-corrected chi connectivity index (χ0v) is 10.1. The van der Waals surface area contributed by atoms with Crippen molar-refractivity contribution in [1.82, 2.24) is 0 Å². The molecule has 1 atom stereocenters. The van der Waals surface area contributed by atoms with Crippen LogP contribution in [0.2, 0.25) is 0 Å². The molecule has 3 heteroatoms. The second kappa shape index (κ2) is 5.37. The fourth-order valence-corrected chi connectivity index (χ4v) is 2.19. The molecule has 1 rings (SSSR count). The normalized spacial score (nSPS) is 13.2. The van der Waals surface area contributed by atoms with Crippen LogP contribution >= 0.6 is 11.3 Å². The van der Waals surface area contributed by atoms with Crippen molar-refractivity contribution in [2.24, 2.45) is 17.6 Å². The molecule has 14 heavy (non-hydrogen) atoms. The molecular formula is C11H20N2S. The van der Waals surface area contributed by atoms with E-state index >= 15 is 0 Å². The first kappa shape index (κ1) is 11.5. The second-order valence-corrected chi connectivity index (χ2v) is 5.00. The van der Waals surface area contributed by atoms with E-state index < -0.39 is 0 Å². The Morgan fingerprint density at radius 3 is 2.64 bits per heavy atom. The maximum absolute atomic E-state index is 5.75. The SMILES string of the molecule is CC(C)C(CN)CN(C)c1cccs1. The summed E-state index contributed by atoms with van der Waals surface area (Å²) in [7, 11) is 2.14. The largest absolute Gasteiger partial charge is 0.366 e. The van der Waals surface area contributed by atoms with Crippen LogP contribution in [-0.2, 0) is 0 Å². The molecule has 1 aromatic rings. The lowest BCUT2D eigenvalue weighted by molar-refractivity contribution is 0.398. The van der Waals surface area contributed by atoms with Gasteiger partial charge in [0, 0.05) is 13.6 Å². The molecule has 0 aliphatic heterocycles. The van der Waals surface area contributed by atoms with Gasteiger partial charge in [-0.15, -0.1) is 11.3 Å². The van der Waals surface area contributed by atoms with E-state index in [0.717, 1.165) is 13.1 Å². The molecular weight excluding hydrogens is 192 g/mol. The molecule has 0 aliphatic rings. The lowest BCUT2D eigenvalue weighted by Crippen LogP contribution is -2.32. The summed E-state index contributed by atoms with van der Waals surface area (Å²) in [5, 5.41) is 3.43. The van der Waals surface area contributed by atoms with Crippen molar-refractivity contribution in [3.63, 3.8) is 0 Å². The Balaban J connectivity index is 2.51. The smallest absolute Gasteiger partial charge is 0.0905 e. The molecule has 0 radical (unpaired) electrons. The minimum Gasteiger partial charge on any atom is -0.366 e. The van der Waals surface area contributed by atoms with Crippen LogP contribution in [0.3, 0.4) is 0 Å². The lowest BCUT2D eigenvalue weighted by Gasteiger charge is -2.26. The molecule has 0 fully saturated rings. The van der Waals surface area contributed by atoms with Gasteiger partial charge in [-0.2, -0.15) is 0 Å². The van der Waals surface area contributed by atoms with Gasteiger partial charge in [-0.25, -0.2) is 0 Å². The monoisotopic (exact) mass is 212 g/mol. The molecule has 1 heterocycles. The van der Waals surface area contributed by atoms with Gasteiger partial charge < -0.3 is 10.6 Å². The number of hydrogen-bond donors (Lipinski definition) is 1. The Bertz CT molecular complexity index is 244. The number of thiophene rings is 1. The summed E-state index contributed by atoms with van der Waals surface area (Å²) in [4.78, 5) is 2.29. The molecule has 2 N–H and O–H groups in total. The number of rotatable bonds is 5. The van der Waals surface area contributed by atoms with Gasteiger partial charge in [-0.1, -0.05) is 13.8 Å². The average Bonchev–Trinajstić information content (AvgIpc) is 2.65. The third-order valence-corrected chi connectivity index (χ3v) is 3.62. The van der Waals surface area contributed by atoms with E-state index in [1.54, 1.807) is 11.3 Å². The standard InChI is InChI=1S/C11H20N2S/c1-9(2)10(7-12)8-13(3)11-5-4-6-14-11/h4-6,9-10H,7-8,12H2,1-3H3. The zero-order valence-electron chi connectivity index (χ0n) is 9.23. The number of hydrogen-bond acceptors (Lipinski definition) is 3. The van der Waals surface area contributed by atoms with E-state index in [1.807, 2.05) is 0 Å². The summed E-state index contributed by atoms with van der Waals surface area (Å²) in [6, 6.07) is 4.24. The molecule has 0 aromatic carbocycles. The van der Waals surface area contributed by atoms with E-state index in [-0.39, 0.29) is 0 Å². The van der Waals surface area contributed by atoms with Crippen LogP contribution in [0.1, 0.15) is 13.8 Å². The Hall–Kier alpha value is -0.540. The van der Waals surface area contributed by atoms with Gasteiger partial charge in [0.1, 0.15) is 0 Å². The van der Waals surface area contributed by atoms with Gasteiger partial charge in [0.25, 0.3) is 0 Å². The van der Waals surface area contributed by atoms with E-state index in [1.165, 1.54) is 5.00 Å². The first-order valence-electron chi connectivity index (χ1n) is 5.09. The molecule has 0 aliphatic carbocycles. The Labute approximate surface area is 90.7 Å². The Kier molecular flexibility index (Phi) is 4.42. The summed E-state index contributed by atoms with van der Waals surface area (Å²) in [6.45, 7) is 6.29. The average molecular weight is 212 g/mol. The molecule has 0 saturated heterocycles. The molecule has 0 bridgehead atoms. The molecule has 0 spiro atoms. The molecule has 2 nitrogen and oxygen atoms in total. The first-order chi connectivity index (χ1) is 6.65. The van der Waals surface area contributed by atoms with E-state index in [0.29, 0.717) is 11.8 Å². The van der Waals surface area contributed by atoms with Crippen LogP contribution in [0.25, 0.3) is 0 Å². The van der Waals surface area contributed by atoms with Crippen molar-refractivity contribution in [1.29, 1.82) is 0 Å². The van der Waals surface area contributed by atoms with Crippen LogP contribution in [0, 0.1) is 11.8 Å². The highest BCUT2D eigenvalue weighted by atomic mass is 32.1. The summed E-state index contributed by atoms with van der Waals surface area (Å²) in [6.07, 6.45) is 0. The van der Waals surface area contributed by atoms with Crippen molar-refractivity contribution in [3.8, 4) is 0 Å². The van der Waals surface area contributed by atoms with E-state index in [9.17, 15) is 0 Å². The third kappa shape index (κ3) is 3.00. The van der Waals surface area contributed by atoms with Crippen molar-refractivity contribution >= 4 is 16.3 Å². The predicted octanol–water partition coefficient (Wildman–Crippen LogP) is 2.42. The summed E-state index contributed by atoms with van der Waals surface area (Å²) in [5.74, 6) is 1.24. The number of nitrogens with two attached hydrogens (primary N) is 1. The highest BCUT2D eigenvalue weighted by Gasteiger charge is 2.14. The van der Waals surface area contributed by atoms with Gasteiger partial charge in [-0.05, 0) is 35.9 Å². The van der Waals surface area contributed by atoms with Crippen molar-refractivity contribution in [2.75, 3.05) is 25.0 Å². The van der Waals surface area contributed by atoms with Crippen molar-refractivity contribution in [2.45, 2.75) is 13.8 Å². The molecule has 1 aromatic heterocycles. The van der Waals surface area contributed by atoms with Crippen LogP contribution in [0.4, 0.5) is 5.00 Å². The van der Waals surface area contributed by atoms with Gasteiger partial charge in [-0.3, -0.25) is 0 Å². The third-order valence-electron chi connectivity index (χ3n) is 2.64. The number of anilines is 1. The van der Waals surface area contributed by atoms with E-state index in [2.05, 4.69) is 43.3 Å². The fourth-order valence-electron chi connectivity index (χ4n) is 1.49. The van der Waals surface area contributed by atoms with Crippen LogP contribution in [0.5, 0.6) is 0 Å². The topological polar surface area (TPSA) is 29.3 Å². The highest BCUT2D eigenvalue weighted by molar-refractivity contribution is 7.14. The molecule has 0 saturated carbocycles. The highest BCUT2D eigenvalue weighted by Crippen LogP contribution is 2.22. The first-order valence-corrected chi connectivity index (χ1v) is 5.97. The van der Waals surface area contributed by atoms with E-state index in [4.69, 9.17) is 5.73 Å². The molecule has 80 valence electrons. The van der Waals surface area contributed by atoms with Crippen LogP contribution in [-0.4, -0.2) is 20.1 Å². The lowest BCUT2D eigenvalue weighted by atomic mass is 9.96. The van der Waals surface area contributed by atoms with Gasteiger partial charge >= 0.3 is 0 Å². The van der Waals surface area contributed by atoms with Gasteiger partial charge in [0.05, 0.1) is 5.00 Å². The Morgan fingerprint density at radius 1 is 1.50 bits per heavy atom. The van der Waals surface area contributed by atoms with Crippen molar-refractivity contribution < 1.29 is 0 Å². The van der Waals surface area contributed by atoms with Crippen LogP contribution < -0.4 is 10.6 Å². The summed E-state index contributed by atoms with van der Waals surface area (Å²) >= 11 is 1.78. The van der Waals surface area contributed by atoms with Crippen molar-refractivity contribution in [3.05, 3.63) is 17.5 Å². The van der Waals surface area contributed by atoms with Gasteiger partial charge in [0.15, 0.2) is 0 Å². The maximum atomic E-state index is 5.75. The van der Waals surface area contributed by atoms with Crippen LogP contribution in [0.15, 0.2) is 17.5 Å². The summed E-state index contributed by atoms with van der Waals surface area (Å²) < 4.78 is 0. The van der Waals surface area contributed by atoms with Gasteiger partial charge in [0.2, 0.25) is 0 Å². The fraction of sp³-hybridized carbons (Fsp3) is 0.636. The summed E-state index contributed by atoms with van der Waals surface area (Å²) in [5.41, 5.74) is 5.75. The molecule has 1 unspecified atom stereocenters.